The summed E-state index contributed by atoms with van der Waals surface area (Å²) in [5, 5.41) is 2.76. The number of carbonyl (C=O) groups is 2. The highest BCUT2D eigenvalue weighted by molar-refractivity contribution is 7.92. The van der Waals surface area contributed by atoms with E-state index in [9.17, 15) is 26.8 Å². The van der Waals surface area contributed by atoms with Crippen molar-refractivity contribution in [2.75, 3.05) is 23.8 Å². The fourth-order valence-electron chi connectivity index (χ4n) is 4.27. The minimum absolute atomic E-state index is 0.00792. The zero-order valence-corrected chi connectivity index (χ0v) is 23.9. The molecule has 0 aromatic heterocycles. The number of esters is 1. The highest BCUT2D eigenvalue weighted by Gasteiger charge is 2.38. The minimum atomic E-state index is -4.23. The van der Waals surface area contributed by atoms with Crippen LogP contribution in [0.25, 0.3) is 0 Å². The van der Waals surface area contributed by atoms with Crippen LogP contribution >= 0.6 is 9.24 Å². The molecule has 0 radical (unpaired) electrons. The van der Waals surface area contributed by atoms with Gasteiger partial charge in [0.05, 0.1) is 31.2 Å². The molecule has 2 aromatic rings. The molecule has 39 heavy (non-hydrogen) atoms. The van der Waals surface area contributed by atoms with E-state index < -0.39 is 39.6 Å². The number of carbonyl (C=O) groups excluding carboxylic acids is 2. The first-order valence-electron chi connectivity index (χ1n) is 12.0. The highest BCUT2D eigenvalue weighted by atomic mass is 32.2. The molecule has 0 bridgehead atoms. The summed E-state index contributed by atoms with van der Waals surface area (Å²) in [5.74, 6) is -5.98. The molecule has 3 rings (SSSR count). The number of nitrogens with one attached hydrogen (secondary N) is 2. The Bertz CT molecular complexity index is 1380. The molecule has 13 heteroatoms. The fraction of sp³-hybridized carbons (Fsp3) is 0.385. The molecule has 0 heterocycles. The van der Waals surface area contributed by atoms with Crippen molar-refractivity contribution in [2.45, 2.75) is 44.4 Å². The summed E-state index contributed by atoms with van der Waals surface area (Å²) < 4.78 is 69.9. The number of hydrogen-bond donors (Lipinski definition) is 2. The maximum atomic E-state index is 13.2. The number of sulfonamides is 1. The first kappa shape index (κ1) is 30.3. The van der Waals surface area contributed by atoms with Crippen molar-refractivity contribution >= 4 is 42.5 Å². The van der Waals surface area contributed by atoms with Crippen LogP contribution in [0.4, 0.5) is 20.2 Å². The number of allylic oxidation sites excluding steroid dienone is 2. The van der Waals surface area contributed by atoms with Crippen molar-refractivity contribution in [3.8, 4) is 11.5 Å². The van der Waals surface area contributed by atoms with Gasteiger partial charge in [0.1, 0.15) is 16.4 Å². The lowest BCUT2D eigenvalue weighted by Crippen LogP contribution is -2.37. The Morgan fingerprint density at radius 2 is 1.72 bits per heavy atom. The number of halogens is 2. The third-order valence-electron chi connectivity index (χ3n) is 6.25. The lowest BCUT2D eigenvalue weighted by atomic mass is 9.76. The standard InChI is InChI=1S/C26H31F2N2O7PS/c1-5-36-22-14-17(29-24(31)20-11-15(2)16(3)12-21(20)25(32)35-4)9-10-23(22)39(33,34)30-18-7-6-8-19(13-18)37-26(27,28)38/h6-10,13-14,20-21,30H,5,11-12,38H2,1-4H3,(H,29,31)/t20-,21-/m0/s1. The fourth-order valence-corrected chi connectivity index (χ4v) is 5.58. The molecule has 9 nitrogen and oxygen atoms in total. The Hall–Kier alpha value is -3.24. The molecule has 0 saturated heterocycles. The van der Waals surface area contributed by atoms with E-state index in [1.54, 1.807) is 6.92 Å². The summed E-state index contributed by atoms with van der Waals surface area (Å²) in [6.45, 7) is 5.63. The Morgan fingerprint density at radius 1 is 1.05 bits per heavy atom. The van der Waals surface area contributed by atoms with Gasteiger partial charge in [0.25, 0.3) is 10.0 Å². The second-order valence-corrected chi connectivity index (χ2v) is 11.4. The summed E-state index contributed by atoms with van der Waals surface area (Å²) in [4.78, 5) is 25.3. The Labute approximate surface area is 228 Å². The Morgan fingerprint density at radius 3 is 2.33 bits per heavy atom. The number of ether oxygens (including phenoxy) is 3. The van der Waals surface area contributed by atoms with Gasteiger partial charge < -0.3 is 19.5 Å². The molecular weight excluding hydrogens is 553 g/mol. The van der Waals surface area contributed by atoms with E-state index in [2.05, 4.69) is 14.8 Å². The van der Waals surface area contributed by atoms with Crippen LogP contribution in [-0.4, -0.2) is 39.9 Å². The van der Waals surface area contributed by atoms with E-state index >= 15 is 0 Å². The van der Waals surface area contributed by atoms with Gasteiger partial charge in [-0.1, -0.05) is 17.2 Å². The van der Waals surface area contributed by atoms with Gasteiger partial charge in [0.15, 0.2) is 0 Å². The molecule has 0 aliphatic heterocycles. The van der Waals surface area contributed by atoms with Crippen LogP contribution in [0.3, 0.4) is 0 Å². The lowest BCUT2D eigenvalue weighted by molar-refractivity contribution is -0.149. The quantitative estimate of drug-likeness (QED) is 0.225. The molecule has 0 fully saturated rings. The second-order valence-electron chi connectivity index (χ2n) is 9.09. The molecule has 2 aromatic carbocycles. The van der Waals surface area contributed by atoms with Gasteiger partial charge in [-0.2, -0.15) is 8.78 Å². The summed E-state index contributed by atoms with van der Waals surface area (Å²) >= 11 is 0. The normalized spacial score (nSPS) is 17.8. The maximum absolute atomic E-state index is 13.2. The van der Waals surface area contributed by atoms with Crippen molar-refractivity contribution in [1.82, 2.24) is 0 Å². The molecule has 1 unspecified atom stereocenters. The monoisotopic (exact) mass is 584 g/mol. The maximum Gasteiger partial charge on any atom is 0.408 e. The Balaban J connectivity index is 1.85. The lowest BCUT2D eigenvalue weighted by Gasteiger charge is -2.30. The van der Waals surface area contributed by atoms with E-state index in [1.807, 2.05) is 13.8 Å². The van der Waals surface area contributed by atoms with Gasteiger partial charge in [0.2, 0.25) is 5.91 Å². The minimum Gasteiger partial charge on any atom is -0.492 e. The average Bonchev–Trinajstić information content (AvgIpc) is 2.84. The number of anilines is 2. The summed E-state index contributed by atoms with van der Waals surface area (Å²) in [7, 11) is -1.72. The van der Waals surface area contributed by atoms with E-state index in [0.29, 0.717) is 12.8 Å². The van der Waals surface area contributed by atoms with Crippen molar-refractivity contribution in [3.05, 3.63) is 53.6 Å². The molecule has 0 spiro atoms. The van der Waals surface area contributed by atoms with Gasteiger partial charge in [-0.15, -0.1) is 0 Å². The number of rotatable bonds is 10. The second kappa shape index (κ2) is 12.3. The molecule has 1 amide bonds. The smallest absolute Gasteiger partial charge is 0.408 e. The molecular formula is C26H31F2N2O7PS. The van der Waals surface area contributed by atoms with Crippen LogP contribution in [0.2, 0.25) is 0 Å². The number of benzene rings is 2. The van der Waals surface area contributed by atoms with Gasteiger partial charge in [-0.05, 0) is 67.1 Å². The van der Waals surface area contributed by atoms with E-state index in [-0.39, 0.29) is 34.4 Å². The van der Waals surface area contributed by atoms with Gasteiger partial charge in [-0.25, -0.2) is 8.42 Å². The summed E-state index contributed by atoms with van der Waals surface area (Å²) in [6, 6.07) is 9.13. The summed E-state index contributed by atoms with van der Waals surface area (Å²) in [6.07, 6.45) is 0.794. The number of methoxy groups -OCH3 is 1. The first-order valence-corrected chi connectivity index (χ1v) is 14.1. The molecule has 2 N–H and O–H groups in total. The predicted octanol–water partition coefficient (Wildman–Crippen LogP) is 5.16. The van der Waals surface area contributed by atoms with Crippen LogP contribution in [0.15, 0.2) is 58.5 Å². The van der Waals surface area contributed by atoms with Gasteiger partial charge >= 0.3 is 11.8 Å². The molecule has 0 saturated carbocycles. The van der Waals surface area contributed by atoms with Crippen LogP contribution in [0, 0.1) is 11.8 Å². The largest absolute Gasteiger partial charge is 0.492 e. The Kier molecular flexibility index (Phi) is 9.55. The molecule has 1 aliphatic carbocycles. The van der Waals surface area contributed by atoms with Gasteiger partial charge in [0, 0.05) is 17.8 Å². The SMILES string of the molecule is CCOc1cc(NC(=O)[C@H]2CC(C)=C(C)C[C@@H]2C(=O)OC)ccc1S(=O)(=O)Nc1cccc(OC(F)(F)P)c1. The van der Waals surface area contributed by atoms with Gasteiger partial charge in [-0.3, -0.25) is 14.3 Å². The highest BCUT2D eigenvalue weighted by Crippen LogP contribution is 2.37. The van der Waals surface area contributed by atoms with E-state index in [4.69, 9.17) is 9.47 Å². The third-order valence-corrected chi connectivity index (χ3v) is 7.79. The number of hydrogen-bond acceptors (Lipinski definition) is 7. The molecule has 212 valence electrons. The summed E-state index contributed by atoms with van der Waals surface area (Å²) in [5.41, 5.74) is 2.32. The van der Waals surface area contributed by atoms with Crippen molar-refractivity contribution < 1.29 is 41.0 Å². The molecule has 1 aliphatic rings. The number of amides is 1. The van der Waals surface area contributed by atoms with Crippen molar-refractivity contribution in [1.29, 1.82) is 0 Å². The first-order chi connectivity index (χ1) is 18.2. The third kappa shape index (κ3) is 7.89. The zero-order valence-electron chi connectivity index (χ0n) is 21.9. The average molecular weight is 585 g/mol. The van der Waals surface area contributed by atoms with Crippen LogP contribution in [-0.2, 0) is 24.3 Å². The van der Waals surface area contributed by atoms with Crippen molar-refractivity contribution in [2.24, 2.45) is 11.8 Å². The van der Waals surface area contributed by atoms with E-state index in [0.717, 1.165) is 17.2 Å². The number of alkyl halides is 2. The van der Waals surface area contributed by atoms with Crippen molar-refractivity contribution in [3.63, 3.8) is 0 Å². The zero-order chi connectivity index (χ0) is 29.0. The molecule has 3 atom stereocenters. The van der Waals surface area contributed by atoms with Crippen LogP contribution in [0.5, 0.6) is 11.5 Å². The van der Waals surface area contributed by atoms with E-state index in [1.165, 1.54) is 52.7 Å². The predicted molar refractivity (Wildman–Crippen MR) is 145 cm³/mol. The topological polar surface area (TPSA) is 120 Å². The van der Waals surface area contributed by atoms with Crippen LogP contribution in [0.1, 0.15) is 33.6 Å². The van der Waals surface area contributed by atoms with Crippen LogP contribution < -0.4 is 19.5 Å².